The molecule has 0 aromatic carbocycles. The van der Waals surface area contributed by atoms with Gasteiger partial charge in [0.25, 0.3) is 0 Å². The molecule has 2 N–H and O–H groups in total. The SMILES string of the molecule is CN(c1cncc(N)c1)S(C)(=O)=O. The molecule has 0 aliphatic carbocycles. The standard InChI is InChI=1S/C7H11N3O2S/c1-10(13(2,11)12)7-3-6(8)4-9-5-7/h3-5H,8H2,1-2H3. The van der Waals surface area contributed by atoms with Crippen molar-refractivity contribution in [1.82, 2.24) is 4.98 Å². The van der Waals surface area contributed by atoms with Gasteiger partial charge in [0.1, 0.15) is 0 Å². The third-order valence-electron chi connectivity index (χ3n) is 1.61. The van der Waals surface area contributed by atoms with E-state index in [1.165, 1.54) is 19.4 Å². The number of aromatic nitrogens is 1. The molecule has 0 aliphatic heterocycles. The number of hydrogen-bond acceptors (Lipinski definition) is 4. The monoisotopic (exact) mass is 201 g/mol. The number of nitrogens with zero attached hydrogens (tertiary/aromatic N) is 2. The highest BCUT2D eigenvalue weighted by atomic mass is 32.2. The highest BCUT2D eigenvalue weighted by Gasteiger charge is 2.11. The van der Waals surface area contributed by atoms with Crippen LogP contribution in [0.2, 0.25) is 0 Å². The first-order chi connectivity index (χ1) is 5.91. The van der Waals surface area contributed by atoms with E-state index in [1.54, 1.807) is 6.07 Å². The molecule has 0 amide bonds. The Morgan fingerprint density at radius 3 is 2.54 bits per heavy atom. The zero-order chi connectivity index (χ0) is 10.1. The van der Waals surface area contributed by atoms with Gasteiger partial charge in [0, 0.05) is 13.2 Å². The average molecular weight is 201 g/mol. The maximum absolute atomic E-state index is 11.1. The van der Waals surface area contributed by atoms with Gasteiger partial charge in [0.2, 0.25) is 10.0 Å². The molecule has 0 aliphatic rings. The van der Waals surface area contributed by atoms with E-state index in [9.17, 15) is 8.42 Å². The van der Waals surface area contributed by atoms with Crippen LogP contribution in [-0.4, -0.2) is 26.7 Å². The van der Waals surface area contributed by atoms with E-state index in [-0.39, 0.29) is 0 Å². The number of hydrogen-bond donors (Lipinski definition) is 1. The number of anilines is 2. The Kier molecular flexibility index (Phi) is 2.42. The zero-order valence-corrected chi connectivity index (χ0v) is 8.25. The molecule has 0 atom stereocenters. The van der Waals surface area contributed by atoms with Gasteiger partial charge in [-0.25, -0.2) is 8.42 Å². The van der Waals surface area contributed by atoms with Crippen molar-refractivity contribution in [2.45, 2.75) is 0 Å². The lowest BCUT2D eigenvalue weighted by Crippen LogP contribution is -2.24. The van der Waals surface area contributed by atoms with Crippen LogP contribution < -0.4 is 10.0 Å². The summed E-state index contributed by atoms with van der Waals surface area (Å²) in [4.78, 5) is 3.79. The highest BCUT2D eigenvalue weighted by molar-refractivity contribution is 7.92. The number of pyridine rings is 1. The second-order valence-electron chi connectivity index (χ2n) is 2.71. The van der Waals surface area contributed by atoms with Crippen molar-refractivity contribution < 1.29 is 8.42 Å². The Morgan fingerprint density at radius 1 is 1.46 bits per heavy atom. The fourth-order valence-corrected chi connectivity index (χ4v) is 1.29. The molecule has 5 nitrogen and oxygen atoms in total. The Balaban J connectivity index is 3.10. The van der Waals surface area contributed by atoms with Gasteiger partial charge in [0.05, 0.1) is 23.8 Å². The summed E-state index contributed by atoms with van der Waals surface area (Å²) in [6, 6.07) is 1.55. The van der Waals surface area contributed by atoms with E-state index >= 15 is 0 Å². The molecule has 0 fully saturated rings. The van der Waals surface area contributed by atoms with Gasteiger partial charge in [-0.1, -0.05) is 0 Å². The fraction of sp³-hybridized carbons (Fsp3) is 0.286. The summed E-state index contributed by atoms with van der Waals surface area (Å²) in [6.45, 7) is 0. The number of sulfonamides is 1. The quantitative estimate of drug-likeness (QED) is 0.734. The molecular formula is C7H11N3O2S. The minimum atomic E-state index is -3.23. The molecule has 1 rings (SSSR count). The Bertz CT molecular complexity index is 402. The molecule has 6 heteroatoms. The van der Waals surface area contributed by atoms with Gasteiger partial charge in [-0.3, -0.25) is 9.29 Å². The summed E-state index contributed by atoms with van der Waals surface area (Å²) in [5.74, 6) is 0. The topological polar surface area (TPSA) is 76.3 Å². The van der Waals surface area contributed by atoms with Crippen LogP contribution in [-0.2, 0) is 10.0 Å². The van der Waals surface area contributed by atoms with Crippen LogP contribution in [0.5, 0.6) is 0 Å². The van der Waals surface area contributed by atoms with Crippen molar-refractivity contribution in [2.24, 2.45) is 0 Å². The lowest BCUT2D eigenvalue weighted by molar-refractivity contribution is 0.600. The van der Waals surface area contributed by atoms with Crippen molar-refractivity contribution in [3.63, 3.8) is 0 Å². The van der Waals surface area contributed by atoms with Crippen LogP contribution in [0.1, 0.15) is 0 Å². The van der Waals surface area contributed by atoms with Crippen LogP contribution >= 0.6 is 0 Å². The summed E-state index contributed by atoms with van der Waals surface area (Å²) >= 11 is 0. The van der Waals surface area contributed by atoms with Crippen LogP contribution in [0.4, 0.5) is 11.4 Å². The lowest BCUT2D eigenvalue weighted by Gasteiger charge is -2.15. The number of rotatable bonds is 2. The van der Waals surface area contributed by atoms with Crippen molar-refractivity contribution in [3.05, 3.63) is 18.5 Å². The van der Waals surface area contributed by atoms with E-state index in [0.29, 0.717) is 11.4 Å². The molecule has 0 radical (unpaired) electrons. The van der Waals surface area contributed by atoms with Gasteiger partial charge in [0.15, 0.2) is 0 Å². The largest absolute Gasteiger partial charge is 0.397 e. The molecule has 72 valence electrons. The third-order valence-corrected chi connectivity index (χ3v) is 2.81. The first kappa shape index (κ1) is 9.79. The van der Waals surface area contributed by atoms with Gasteiger partial charge in [-0.2, -0.15) is 0 Å². The minimum Gasteiger partial charge on any atom is -0.397 e. The molecule has 0 spiro atoms. The predicted molar refractivity (Wildman–Crippen MR) is 51.9 cm³/mol. The molecule has 0 bridgehead atoms. The van der Waals surface area contributed by atoms with E-state index in [1.807, 2.05) is 0 Å². The Labute approximate surface area is 77.2 Å². The average Bonchev–Trinajstić information content (AvgIpc) is 2.01. The maximum Gasteiger partial charge on any atom is 0.232 e. The summed E-state index contributed by atoms with van der Waals surface area (Å²) in [6.07, 6.45) is 4.02. The van der Waals surface area contributed by atoms with Crippen molar-refractivity contribution in [2.75, 3.05) is 23.3 Å². The molecule has 0 saturated heterocycles. The first-order valence-electron chi connectivity index (χ1n) is 3.55. The minimum absolute atomic E-state index is 0.438. The van der Waals surface area contributed by atoms with Crippen molar-refractivity contribution in [3.8, 4) is 0 Å². The third kappa shape index (κ3) is 2.32. The maximum atomic E-state index is 11.1. The summed E-state index contributed by atoms with van der Waals surface area (Å²) < 4.78 is 23.3. The molecule has 0 unspecified atom stereocenters. The van der Waals surface area contributed by atoms with Crippen molar-refractivity contribution >= 4 is 21.4 Å². The first-order valence-corrected chi connectivity index (χ1v) is 5.40. The molecule has 0 saturated carbocycles. The zero-order valence-electron chi connectivity index (χ0n) is 7.43. The van der Waals surface area contributed by atoms with Crippen molar-refractivity contribution in [1.29, 1.82) is 0 Å². The Hall–Kier alpha value is -1.30. The molecular weight excluding hydrogens is 190 g/mol. The molecule has 1 aromatic heterocycles. The normalized spacial score (nSPS) is 11.2. The van der Waals surface area contributed by atoms with E-state index < -0.39 is 10.0 Å². The van der Waals surface area contributed by atoms with Gasteiger partial charge < -0.3 is 5.73 Å². The summed E-state index contributed by atoms with van der Waals surface area (Å²) in [7, 11) is -1.78. The van der Waals surface area contributed by atoms with Crippen LogP contribution in [0, 0.1) is 0 Å². The van der Waals surface area contributed by atoms with Crippen LogP contribution in [0.25, 0.3) is 0 Å². The second kappa shape index (κ2) is 3.21. The fourth-order valence-electron chi connectivity index (χ4n) is 0.809. The van der Waals surface area contributed by atoms with Gasteiger partial charge in [-0.05, 0) is 6.07 Å². The van der Waals surface area contributed by atoms with Crippen LogP contribution in [0.3, 0.4) is 0 Å². The molecule has 1 heterocycles. The summed E-state index contributed by atoms with van der Waals surface area (Å²) in [5, 5.41) is 0. The van der Waals surface area contributed by atoms with E-state index in [0.717, 1.165) is 10.6 Å². The van der Waals surface area contributed by atoms with Gasteiger partial charge in [-0.15, -0.1) is 0 Å². The van der Waals surface area contributed by atoms with Gasteiger partial charge >= 0.3 is 0 Å². The molecule has 1 aromatic rings. The summed E-state index contributed by atoms with van der Waals surface area (Å²) in [5.41, 5.74) is 6.35. The predicted octanol–water partition coefficient (Wildman–Crippen LogP) is 0.0596. The number of nitrogens with two attached hydrogens (primary N) is 1. The smallest absolute Gasteiger partial charge is 0.232 e. The lowest BCUT2D eigenvalue weighted by atomic mass is 10.4. The Morgan fingerprint density at radius 2 is 2.08 bits per heavy atom. The second-order valence-corrected chi connectivity index (χ2v) is 4.72. The number of nitrogen functional groups attached to an aromatic ring is 1. The van der Waals surface area contributed by atoms with E-state index in [4.69, 9.17) is 5.73 Å². The van der Waals surface area contributed by atoms with E-state index in [2.05, 4.69) is 4.98 Å². The molecule has 13 heavy (non-hydrogen) atoms. The van der Waals surface area contributed by atoms with Crippen LogP contribution in [0.15, 0.2) is 18.5 Å². The highest BCUT2D eigenvalue weighted by Crippen LogP contribution is 2.16.